The quantitative estimate of drug-likeness (QED) is 0.426. The zero-order valence-electron chi connectivity index (χ0n) is 18.4. The van der Waals surface area contributed by atoms with Crippen molar-refractivity contribution in [2.75, 3.05) is 5.32 Å². The number of carbonyl (C=O) groups is 1. The highest BCUT2D eigenvalue weighted by Crippen LogP contribution is 2.21. The number of hydrogen-bond acceptors (Lipinski definition) is 5. The fourth-order valence-corrected chi connectivity index (χ4v) is 3.54. The maximum absolute atomic E-state index is 12.8. The van der Waals surface area contributed by atoms with Crippen LogP contribution in [0.1, 0.15) is 44.1 Å². The smallest absolute Gasteiger partial charge is 0.278 e. The predicted molar refractivity (Wildman–Crippen MR) is 123 cm³/mol. The van der Waals surface area contributed by atoms with Crippen LogP contribution in [0.15, 0.2) is 71.5 Å². The van der Waals surface area contributed by atoms with Crippen molar-refractivity contribution in [3.63, 3.8) is 0 Å². The summed E-state index contributed by atoms with van der Waals surface area (Å²) >= 11 is 0. The number of carbonyl (C=O) groups excluding carboxylic acids is 1. The first-order chi connectivity index (χ1) is 15.5. The molecule has 162 valence electrons. The number of ether oxygens (including phenoxy) is 1. The van der Waals surface area contributed by atoms with Gasteiger partial charge in [-0.25, -0.2) is 0 Å². The van der Waals surface area contributed by atoms with Crippen molar-refractivity contribution in [3.8, 4) is 5.75 Å². The summed E-state index contributed by atoms with van der Waals surface area (Å²) in [7, 11) is 0. The van der Waals surface area contributed by atoms with Crippen molar-refractivity contribution >= 4 is 11.6 Å². The van der Waals surface area contributed by atoms with Crippen LogP contribution in [0.2, 0.25) is 0 Å². The van der Waals surface area contributed by atoms with E-state index in [0.29, 0.717) is 17.0 Å². The monoisotopic (exact) mass is 427 g/mol. The van der Waals surface area contributed by atoms with Crippen molar-refractivity contribution in [1.29, 1.82) is 0 Å². The third-order valence-corrected chi connectivity index (χ3v) is 5.15. The molecule has 0 atom stereocenters. The number of nitrogens with zero attached hydrogens (tertiary/aromatic N) is 2. The van der Waals surface area contributed by atoms with Gasteiger partial charge in [0.05, 0.1) is 5.56 Å². The van der Waals surface area contributed by atoms with Gasteiger partial charge in [-0.15, -0.1) is 0 Å². The second-order valence-electron chi connectivity index (χ2n) is 7.86. The molecule has 0 unspecified atom stereocenters. The number of nitrogens with one attached hydrogen (secondary N) is 1. The number of aromatic nitrogens is 2. The van der Waals surface area contributed by atoms with Gasteiger partial charge >= 0.3 is 0 Å². The van der Waals surface area contributed by atoms with Crippen molar-refractivity contribution in [2.24, 2.45) is 0 Å². The zero-order chi connectivity index (χ0) is 22.5. The van der Waals surface area contributed by atoms with Crippen LogP contribution in [0.4, 0.5) is 5.69 Å². The van der Waals surface area contributed by atoms with Gasteiger partial charge in [-0.2, -0.15) is 0 Å². The number of anilines is 1. The van der Waals surface area contributed by atoms with Gasteiger partial charge in [0.25, 0.3) is 5.91 Å². The van der Waals surface area contributed by atoms with E-state index in [9.17, 15) is 4.79 Å². The van der Waals surface area contributed by atoms with Gasteiger partial charge in [-0.1, -0.05) is 23.4 Å². The van der Waals surface area contributed by atoms with E-state index in [4.69, 9.17) is 9.26 Å². The maximum Gasteiger partial charge on any atom is 0.278 e. The minimum atomic E-state index is -0.331. The molecule has 0 aliphatic heterocycles. The number of hydrogen-bond donors (Lipinski definition) is 1. The first-order valence-electron chi connectivity index (χ1n) is 10.4. The minimum Gasteiger partial charge on any atom is -0.489 e. The fourth-order valence-electron chi connectivity index (χ4n) is 3.54. The van der Waals surface area contributed by atoms with E-state index < -0.39 is 0 Å². The van der Waals surface area contributed by atoms with E-state index in [2.05, 4.69) is 21.5 Å². The van der Waals surface area contributed by atoms with Crippen LogP contribution in [-0.4, -0.2) is 16.0 Å². The number of pyridine rings is 1. The Balaban J connectivity index is 1.42. The molecule has 0 aliphatic carbocycles. The normalized spacial score (nSPS) is 10.7. The summed E-state index contributed by atoms with van der Waals surface area (Å²) in [4.78, 5) is 16.9. The molecule has 0 aliphatic rings. The summed E-state index contributed by atoms with van der Waals surface area (Å²) in [6.07, 6.45) is 4.37. The van der Waals surface area contributed by atoms with Crippen LogP contribution in [-0.2, 0) is 13.0 Å². The van der Waals surface area contributed by atoms with Crippen LogP contribution < -0.4 is 10.1 Å². The number of aryl methyl sites for hydroxylation is 3. The second kappa shape index (κ2) is 9.47. The Kier molecular flexibility index (Phi) is 6.31. The number of benzene rings is 2. The molecule has 1 amide bonds. The summed E-state index contributed by atoms with van der Waals surface area (Å²) in [5, 5.41) is 6.85. The molecule has 0 saturated heterocycles. The van der Waals surface area contributed by atoms with Gasteiger partial charge < -0.3 is 14.6 Å². The van der Waals surface area contributed by atoms with E-state index in [0.717, 1.165) is 28.9 Å². The molecule has 4 rings (SSSR count). The molecule has 6 heteroatoms. The zero-order valence-corrected chi connectivity index (χ0v) is 18.4. The Morgan fingerprint density at radius 2 is 1.59 bits per heavy atom. The molecule has 0 fully saturated rings. The van der Waals surface area contributed by atoms with Crippen LogP contribution in [0, 0.1) is 20.8 Å². The average molecular weight is 428 g/mol. The number of amides is 1. The Bertz CT molecular complexity index is 1190. The minimum absolute atomic E-state index is 0.200. The van der Waals surface area contributed by atoms with Gasteiger partial charge in [0.2, 0.25) is 0 Å². The predicted octanol–water partition coefficient (Wildman–Crippen LogP) is 5.42. The van der Waals surface area contributed by atoms with Crippen molar-refractivity contribution in [2.45, 2.75) is 33.8 Å². The first kappa shape index (κ1) is 21.3. The summed E-state index contributed by atoms with van der Waals surface area (Å²) < 4.78 is 11.2. The van der Waals surface area contributed by atoms with Crippen LogP contribution in [0.5, 0.6) is 5.75 Å². The highest BCUT2D eigenvalue weighted by molar-refractivity contribution is 6.03. The lowest BCUT2D eigenvalue weighted by atomic mass is 10.1. The Hall–Kier alpha value is -3.93. The molecule has 0 radical (unpaired) electrons. The van der Waals surface area contributed by atoms with Gasteiger partial charge in [0.1, 0.15) is 18.1 Å². The number of rotatable bonds is 7. The second-order valence-corrected chi connectivity index (χ2v) is 7.86. The summed E-state index contributed by atoms with van der Waals surface area (Å²) in [6.45, 7) is 6.02. The van der Waals surface area contributed by atoms with Gasteiger partial charge in [0.15, 0.2) is 5.69 Å². The molecule has 1 N–H and O–H groups in total. The molecule has 32 heavy (non-hydrogen) atoms. The molecule has 2 heterocycles. The molecular weight excluding hydrogens is 402 g/mol. The standard InChI is InChI=1S/C26H25N3O3/c1-17-12-18(2)14-23(13-17)31-16-24-19(3)32-29-25(24)26(30)28-22-6-4-20(5-7-22)15-21-8-10-27-11-9-21/h4-14H,15-16H2,1-3H3,(H,28,30). The first-order valence-corrected chi connectivity index (χ1v) is 10.4. The van der Waals surface area contributed by atoms with Gasteiger partial charge in [-0.05, 0) is 85.8 Å². The van der Waals surface area contributed by atoms with E-state index in [1.54, 1.807) is 19.3 Å². The topological polar surface area (TPSA) is 77.2 Å². The van der Waals surface area contributed by atoms with Crippen LogP contribution >= 0.6 is 0 Å². The van der Waals surface area contributed by atoms with Gasteiger partial charge in [0, 0.05) is 18.1 Å². The molecule has 2 aromatic heterocycles. The lowest BCUT2D eigenvalue weighted by Crippen LogP contribution is -2.15. The third-order valence-electron chi connectivity index (χ3n) is 5.15. The molecule has 0 bridgehead atoms. The molecule has 2 aromatic carbocycles. The van der Waals surface area contributed by atoms with Crippen LogP contribution in [0.25, 0.3) is 0 Å². The van der Waals surface area contributed by atoms with Crippen molar-refractivity contribution < 1.29 is 14.1 Å². The largest absolute Gasteiger partial charge is 0.489 e. The molecule has 0 spiro atoms. The molecule has 4 aromatic rings. The summed E-state index contributed by atoms with van der Waals surface area (Å²) in [6, 6.07) is 17.7. The lowest BCUT2D eigenvalue weighted by Gasteiger charge is -2.09. The van der Waals surface area contributed by atoms with Crippen molar-refractivity contribution in [3.05, 3.63) is 106 Å². The van der Waals surface area contributed by atoms with Crippen molar-refractivity contribution in [1.82, 2.24) is 10.1 Å². The summed E-state index contributed by atoms with van der Waals surface area (Å²) in [5.41, 5.74) is 6.12. The third kappa shape index (κ3) is 5.21. The van der Waals surface area contributed by atoms with Crippen LogP contribution in [0.3, 0.4) is 0 Å². The highest BCUT2D eigenvalue weighted by Gasteiger charge is 2.20. The molecule has 6 nitrogen and oxygen atoms in total. The van der Waals surface area contributed by atoms with E-state index in [1.165, 1.54) is 5.56 Å². The van der Waals surface area contributed by atoms with Gasteiger partial charge in [-0.3, -0.25) is 9.78 Å². The van der Waals surface area contributed by atoms with E-state index >= 15 is 0 Å². The molecular formula is C26H25N3O3. The average Bonchev–Trinajstić information content (AvgIpc) is 3.14. The van der Waals surface area contributed by atoms with E-state index in [-0.39, 0.29) is 18.2 Å². The lowest BCUT2D eigenvalue weighted by molar-refractivity contribution is 0.101. The Morgan fingerprint density at radius 1 is 0.938 bits per heavy atom. The molecule has 0 saturated carbocycles. The summed E-state index contributed by atoms with van der Waals surface area (Å²) in [5.74, 6) is 0.981. The SMILES string of the molecule is Cc1cc(C)cc(OCc2c(C(=O)Nc3ccc(Cc4ccncc4)cc3)noc2C)c1. The van der Waals surface area contributed by atoms with E-state index in [1.807, 2.05) is 62.4 Å². The Morgan fingerprint density at radius 3 is 2.28 bits per heavy atom. The maximum atomic E-state index is 12.8. The highest BCUT2D eigenvalue weighted by atomic mass is 16.5. The fraction of sp³-hybridized carbons (Fsp3) is 0.192. The Labute approximate surface area is 187 Å².